The number of carbonyl (C=O) groups excluding carboxylic acids is 2. The van der Waals surface area contributed by atoms with E-state index in [-0.39, 0.29) is 11.7 Å². The molecule has 0 atom stereocenters. The van der Waals surface area contributed by atoms with Crippen molar-refractivity contribution >= 4 is 29.1 Å². The average Bonchev–Trinajstić information content (AvgIpc) is 2.46. The van der Waals surface area contributed by atoms with Crippen molar-refractivity contribution < 1.29 is 9.59 Å². The minimum atomic E-state index is -0.121. The molecule has 2 aromatic carbocycles. The van der Waals surface area contributed by atoms with Crippen molar-refractivity contribution in [3.05, 3.63) is 59.7 Å². The predicted octanol–water partition coefficient (Wildman–Crippen LogP) is 3.93. The summed E-state index contributed by atoms with van der Waals surface area (Å²) in [6.07, 6.45) is 0. The molecule has 0 saturated carbocycles. The molecule has 0 bridgehead atoms. The quantitative estimate of drug-likeness (QED) is 0.672. The van der Waals surface area contributed by atoms with Crippen LogP contribution in [0.2, 0.25) is 0 Å². The van der Waals surface area contributed by atoms with Gasteiger partial charge in [0.2, 0.25) is 5.91 Å². The highest BCUT2D eigenvalue weighted by Crippen LogP contribution is 2.20. The summed E-state index contributed by atoms with van der Waals surface area (Å²) in [5, 5.41) is 2.68. The molecule has 0 saturated heterocycles. The van der Waals surface area contributed by atoms with Gasteiger partial charge >= 0.3 is 0 Å². The Labute approximate surface area is 128 Å². The molecule has 0 heterocycles. The van der Waals surface area contributed by atoms with Crippen molar-refractivity contribution in [1.29, 1.82) is 0 Å². The molecular formula is C17H17NO2S. The Kier molecular flexibility index (Phi) is 5.17. The van der Waals surface area contributed by atoms with E-state index < -0.39 is 0 Å². The van der Waals surface area contributed by atoms with E-state index in [1.165, 1.54) is 24.2 Å². The first-order chi connectivity index (χ1) is 10.0. The van der Waals surface area contributed by atoms with Crippen molar-refractivity contribution in [2.24, 2.45) is 0 Å². The Morgan fingerprint density at radius 3 is 2.19 bits per heavy atom. The third-order valence-corrected chi connectivity index (χ3v) is 3.93. The zero-order valence-corrected chi connectivity index (χ0v) is 12.9. The van der Waals surface area contributed by atoms with Crippen LogP contribution >= 0.6 is 11.8 Å². The highest BCUT2D eigenvalue weighted by molar-refractivity contribution is 8.00. The summed E-state index contributed by atoms with van der Waals surface area (Å²) >= 11 is 1.53. The lowest BCUT2D eigenvalue weighted by atomic mass is 10.1. The number of anilines is 1. The maximum atomic E-state index is 12.1. The summed E-state index contributed by atoms with van der Waals surface area (Å²) in [5.41, 5.74) is 2.56. The number of hydrogen-bond acceptors (Lipinski definition) is 3. The summed E-state index contributed by atoms with van der Waals surface area (Å²) in [4.78, 5) is 24.1. The van der Waals surface area contributed by atoms with Gasteiger partial charge in [-0.3, -0.25) is 9.59 Å². The van der Waals surface area contributed by atoms with Gasteiger partial charge in [0, 0.05) is 23.1 Å². The topological polar surface area (TPSA) is 46.2 Å². The summed E-state index contributed by atoms with van der Waals surface area (Å²) < 4.78 is 0. The predicted molar refractivity (Wildman–Crippen MR) is 87.0 cm³/mol. The lowest BCUT2D eigenvalue weighted by Crippen LogP contribution is -2.06. The van der Waals surface area contributed by atoms with E-state index in [2.05, 4.69) is 5.32 Å². The highest BCUT2D eigenvalue weighted by Gasteiger charge is 2.07. The molecule has 21 heavy (non-hydrogen) atoms. The zero-order chi connectivity index (χ0) is 15.2. The van der Waals surface area contributed by atoms with Crippen LogP contribution in [-0.2, 0) is 4.79 Å². The van der Waals surface area contributed by atoms with E-state index >= 15 is 0 Å². The van der Waals surface area contributed by atoms with Crippen LogP contribution in [0.5, 0.6) is 0 Å². The van der Waals surface area contributed by atoms with Gasteiger partial charge in [0.05, 0.1) is 5.75 Å². The molecule has 2 rings (SSSR count). The average molecular weight is 299 g/mol. The first-order valence-corrected chi connectivity index (χ1v) is 7.63. The largest absolute Gasteiger partial charge is 0.326 e. The Morgan fingerprint density at radius 1 is 1.00 bits per heavy atom. The molecule has 0 unspecified atom stereocenters. The van der Waals surface area contributed by atoms with Crippen LogP contribution in [0.25, 0.3) is 0 Å². The van der Waals surface area contributed by atoms with Crippen molar-refractivity contribution in [3.8, 4) is 0 Å². The van der Waals surface area contributed by atoms with Crippen molar-refractivity contribution in [1.82, 2.24) is 0 Å². The van der Waals surface area contributed by atoms with Crippen LogP contribution in [0.4, 0.5) is 5.69 Å². The standard InChI is InChI=1S/C17H17NO2S/c1-12-3-9-16(10-4-12)21-11-17(20)14-5-7-15(8-6-14)18-13(2)19/h3-10H,11H2,1-2H3,(H,18,19). The number of nitrogens with one attached hydrogen (secondary N) is 1. The van der Waals surface area contributed by atoms with Gasteiger partial charge in [-0.2, -0.15) is 0 Å². The number of benzene rings is 2. The maximum absolute atomic E-state index is 12.1. The normalized spacial score (nSPS) is 10.2. The minimum Gasteiger partial charge on any atom is -0.326 e. The first-order valence-electron chi connectivity index (χ1n) is 6.65. The van der Waals surface area contributed by atoms with E-state index in [1.807, 2.05) is 31.2 Å². The molecule has 0 aliphatic rings. The second-order valence-corrected chi connectivity index (χ2v) is 5.83. The van der Waals surface area contributed by atoms with Crippen molar-refractivity contribution in [2.75, 3.05) is 11.1 Å². The second-order valence-electron chi connectivity index (χ2n) is 4.78. The first kappa shape index (κ1) is 15.3. The van der Waals surface area contributed by atoms with E-state index in [0.29, 0.717) is 17.0 Å². The fourth-order valence-corrected chi connectivity index (χ4v) is 2.60. The molecule has 0 aliphatic heterocycles. The van der Waals surface area contributed by atoms with Gasteiger partial charge in [0.15, 0.2) is 5.78 Å². The third-order valence-electron chi connectivity index (χ3n) is 2.92. The Balaban J connectivity index is 1.93. The fourth-order valence-electron chi connectivity index (χ4n) is 1.81. The van der Waals surface area contributed by atoms with E-state index in [9.17, 15) is 9.59 Å². The molecule has 3 nitrogen and oxygen atoms in total. The van der Waals surface area contributed by atoms with Crippen molar-refractivity contribution in [3.63, 3.8) is 0 Å². The molecule has 0 spiro atoms. The highest BCUT2D eigenvalue weighted by atomic mass is 32.2. The van der Waals surface area contributed by atoms with Crippen LogP contribution in [-0.4, -0.2) is 17.4 Å². The van der Waals surface area contributed by atoms with Crippen LogP contribution < -0.4 is 5.32 Å². The molecule has 0 aliphatic carbocycles. The molecule has 0 aromatic heterocycles. The number of amides is 1. The van der Waals surface area contributed by atoms with Gasteiger partial charge in [-0.05, 0) is 43.3 Å². The fraction of sp³-hybridized carbons (Fsp3) is 0.176. The number of aryl methyl sites for hydroxylation is 1. The number of ketones is 1. The summed E-state index contributed by atoms with van der Waals surface area (Å²) in [6.45, 7) is 3.49. The van der Waals surface area contributed by atoms with E-state index in [0.717, 1.165) is 4.90 Å². The lowest BCUT2D eigenvalue weighted by molar-refractivity contribution is -0.114. The number of hydrogen-bond donors (Lipinski definition) is 1. The molecular weight excluding hydrogens is 282 g/mol. The molecule has 0 fully saturated rings. The van der Waals surface area contributed by atoms with Gasteiger partial charge in [0.25, 0.3) is 0 Å². The van der Waals surface area contributed by atoms with Crippen LogP contribution in [0, 0.1) is 6.92 Å². The van der Waals surface area contributed by atoms with Crippen LogP contribution in [0.1, 0.15) is 22.8 Å². The Morgan fingerprint density at radius 2 is 1.62 bits per heavy atom. The van der Waals surface area contributed by atoms with Gasteiger partial charge in [-0.15, -0.1) is 11.8 Å². The van der Waals surface area contributed by atoms with Crippen LogP contribution in [0.3, 0.4) is 0 Å². The SMILES string of the molecule is CC(=O)Nc1ccc(C(=O)CSc2ccc(C)cc2)cc1. The smallest absolute Gasteiger partial charge is 0.221 e. The monoisotopic (exact) mass is 299 g/mol. The summed E-state index contributed by atoms with van der Waals surface area (Å²) in [5.74, 6) is 0.363. The van der Waals surface area contributed by atoms with Gasteiger partial charge < -0.3 is 5.32 Å². The minimum absolute atomic E-state index is 0.0787. The van der Waals surface area contributed by atoms with E-state index in [1.54, 1.807) is 24.3 Å². The lowest BCUT2D eigenvalue weighted by Gasteiger charge is -2.05. The third kappa shape index (κ3) is 4.76. The number of carbonyl (C=O) groups is 2. The summed E-state index contributed by atoms with van der Waals surface area (Å²) in [6, 6.07) is 15.1. The molecule has 4 heteroatoms. The molecule has 1 amide bonds. The van der Waals surface area contributed by atoms with Gasteiger partial charge in [-0.1, -0.05) is 17.7 Å². The Hall–Kier alpha value is -2.07. The molecule has 1 N–H and O–H groups in total. The number of rotatable bonds is 5. The number of Topliss-reactive ketones (excluding diaryl/α,β-unsaturated/α-hetero) is 1. The summed E-state index contributed by atoms with van der Waals surface area (Å²) in [7, 11) is 0. The maximum Gasteiger partial charge on any atom is 0.221 e. The van der Waals surface area contributed by atoms with E-state index in [4.69, 9.17) is 0 Å². The van der Waals surface area contributed by atoms with Crippen LogP contribution in [0.15, 0.2) is 53.4 Å². The molecule has 2 aromatic rings. The van der Waals surface area contributed by atoms with Crippen molar-refractivity contribution in [2.45, 2.75) is 18.7 Å². The second kappa shape index (κ2) is 7.09. The molecule has 108 valence electrons. The number of thioether (sulfide) groups is 1. The Bertz CT molecular complexity index is 633. The molecule has 0 radical (unpaired) electrons. The van der Waals surface area contributed by atoms with Gasteiger partial charge in [0.1, 0.15) is 0 Å². The van der Waals surface area contributed by atoms with Gasteiger partial charge in [-0.25, -0.2) is 0 Å². The zero-order valence-electron chi connectivity index (χ0n) is 12.1.